The molecule has 1 heterocycles. The molecule has 3 nitrogen and oxygen atoms in total. The van der Waals surface area contributed by atoms with E-state index in [4.69, 9.17) is 4.74 Å². The summed E-state index contributed by atoms with van der Waals surface area (Å²) in [5.74, 6) is -2.35. The lowest BCUT2D eigenvalue weighted by atomic mass is 10.1. The van der Waals surface area contributed by atoms with Crippen molar-refractivity contribution in [2.45, 2.75) is 25.9 Å². The minimum atomic E-state index is -1.01. The summed E-state index contributed by atoms with van der Waals surface area (Å²) < 4.78 is 31.4. The largest absolute Gasteiger partial charge is 0.376 e. The maximum Gasteiger partial charge on any atom is 0.251 e. The van der Waals surface area contributed by atoms with Crippen molar-refractivity contribution in [2.75, 3.05) is 13.2 Å². The molecule has 0 unspecified atom stereocenters. The van der Waals surface area contributed by atoms with Crippen LogP contribution < -0.4 is 5.32 Å². The highest BCUT2D eigenvalue weighted by atomic mass is 19.2. The zero-order valence-corrected chi connectivity index (χ0v) is 10.1. The highest BCUT2D eigenvalue weighted by Gasteiger charge is 2.18. The van der Waals surface area contributed by atoms with Gasteiger partial charge >= 0.3 is 0 Å². The minimum Gasteiger partial charge on any atom is -0.376 e. The fourth-order valence-corrected chi connectivity index (χ4v) is 2.00. The van der Waals surface area contributed by atoms with Crippen LogP contribution in [0.25, 0.3) is 0 Å². The lowest BCUT2D eigenvalue weighted by Crippen LogP contribution is -2.32. The second-order valence-electron chi connectivity index (χ2n) is 4.43. The first-order valence-electron chi connectivity index (χ1n) is 5.93. The van der Waals surface area contributed by atoms with Gasteiger partial charge in [0.25, 0.3) is 5.91 Å². The molecule has 1 amide bonds. The molecule has 1 aliphatic heterocycles. The standard InChI is InChI=1S/C13H15F2NO2/c1-8-5-11(14)12(15)6-10(8)13(17)16-7-9-3-2-4-18-9/h5-6,9H,2-4,7H2,1H3,(H,16,17)/t9-/m1/s1. The summed E-state index contributed by atoms with van der Waals surface area (Å²) in [4.78, 5) is 11.8. The summed E-state index contributed by atoms with van der Waals surface area (Å²) >= 11 is 0. The molecule has 1 atom stereocenters. The Morgan fingerprint density at radius 2 is 2.17 bits per heavy atom. The molecule has 18 heavy (non-hydrogen) atoms. The highest BCUT2D eigenvalue weighted by molar-refractivity contribution is 5.95. The minimum absolute atomic E-state index is 0.0274. The van der Waals surface area contributed by atoms with Gasteiger partial charge in [0.1, 0.15) is 0 Å². The molecule has 5 heteroatoms. The van der Waals surface area contributed by atoms with Crippen molar-refractivity contribution in [3.05, 3.63) is 34.9 Å². The van der Waals surface area contributed by atoms with E-state index < -0.39 is 17.5 Å². The van der Waals surface area contributed by atoms with E-state index in [2.05, 4.69) is 5.32 Å². The SMILES string of the molecule is Cc1cc(F)c(F)cc1C(=O)NC[C@H]1CCCO1. The number of hydrogen-bond donors (Lipinski definition) is 1. The normalized spacial score (nSPS) is 18.9. The molecule has 0 bridgehead atoms. The van der Waals surface area contributed by atoms with Crippen LogP contribution in [0.15, 0.2) is 12.1 Å². The maximum absolute atomic E-state index is 13.1. The van der Waals surface area contributed by atoms with E-state index in [1.807, 2.05) is 0 Å². The summed E-state index contributed by atoms with van der Waals surface area (Å²) in [6.45, 7) is 2.69. The number of rotatable bonds is 3. The fraction of sp³-hybridized carbons (Fsp3) is 0.462. The average Bonchev–Trinajstić information content (AvgIpc) is 2.84. The number of ether oxygens (including phenoxy) is 1. The van der Waals surface area contributed by atoms with Gasteiger partial charge in [-0.3, -0.25) is 4.79 Å². The Morgan fingerprint density at radius 3 is 2.83 bits per heavy atom. The van der Waals surface area contributed by atoms with Gasteiger partial charge in [-0.15, -0.1) is 0 Å². The fourth-order valence-electron chi connectivity index (χ4n) is 2.00. The molecule has 0 aromatic heterocycles. The average molecular weight is 255 g/mol. The van der Waals surface area contributed by atoms with Gasteiger partial charge in [-0.05, 0) is 37.5 Å². The van der Waals surface area contributed by atoms with Crippen LogP contribution in [-0.4, -0.2) is 25.2 Å². The van der Waals surface area contributed by atoms with Gasteiger partial charge in [-0.25, -0.2) is 8.78 Å². The first-order valence-corrected chi connectivity index (χ1v) is 5.93. The third-order valence-corrected chi connectivity index (χ3v) is 3.03. The molecule has 1 saturated heterocycles. The molecular formula is C13H15F2NO2. The molecule has 1 aliphatic rings. The number of nitrogens with one attached hydrogen (secondary N) is 1. The maximum atomic E-state index is 13.1. The lowest BCUT2D eigenvalue weighted by molar-refractivity contribution is 0.0857. The molecular weight excluding hydrogens is 240 g/mol. The predicted octanol–water partition coefficient (Wildman–Crippen LogP) is 2.18. The summed E-state index contributed by atoms with van der Waals surface area (Å²) in [6, 6.07) is 1.95. The predicted molar refractivity (Wildman–Crippen MR) is 62.4 cm³/mol. The van der Waals surface area contributed by atoms with Crippen LogP contribution in [0.3, 0.4) is 0 Å². The van der Waals surface area contributed by atoms with Crippen LogP contribution in [0.2, 0.25) is 0 Å². The second kappa shape index (κ2) is 5.44. The van der Waals surface area contributed by atoms with Crippen LogP contribution in [-0.2, 0) is 4.74 Å². The third-order valence-electron chi connectivity index (χ3n) is 3.03. The Labute approximate surface area is 104 Å². The van der Waals surface area contributed by atoms with Gasteiger partial charge < -0.3 is 10.1 Å². The molecule has 0 aliphatic carbocycles. The van der Waals surface area contributed by atoms with Gasteiger partial charge in [-0.2, -0.15) is 0 Å². The quantitative estimate of drug-likeness (QED) is 0.899. The number of benzene rings is 1. The van der Waals surface area contributed by atoms with Crippen LogP contribution in [0.5, 0.6) is 0 Å². The number of amides is 1. The van der Waals surface area contributed by atoms with Crippen molar-refractivity contribution in [3.8, 4) is 0 Å². The molecule has 0 radical (unpaired) electrons. The summed E-state index contributed by atoms with van der Waals surface area (Å²) in [5.41, 5.74) is 0.575. The first-order chi connectivity index (χ1) is 8.58. The number of halogens is 2. The number of hydrogen-bond acceptors (Lipinski definition) is 2. The van der Waals surface area contributed by atoms with Crippen molar-refractivity contribution < 1.29 is 18.3 Å². The molecule has 2 rings (SSSR count). The summed E-state index contributed by atoms with van der Waals surface area (Å²) in [6.07, 6.45) is 1.93. The van der Waals surface area contributed by atoms with E-state index in [-0.39, 0.29) is 11.7 Å². The van der Waals surface area contributed by atoms with Crippen molar-refractivity contribution in [3.63, 3.8) is 0 Å². The Bertz CT molecular complexity index is 457. The molecule has 1 N–H and O–H groups in total. The first kappa shape index (κ1) is 13.0. The molecule has 0 saturated carbocycles. The van der Waals surface area contributed by atoms with E-state index in [1.165, 1.54) is 0 Å². The number of carbonyl (C=O) groups is 1. The Morgan fingerprint density at radius 1 is 1.44 bits per heavy atom. The van der Waals surface area contributed by atoms with Crippen molar-refractivity contribution >= 4 is 5.91 Å². The summed E-state index contributed by atoms with van der Waals surface area (Å²) in [7, 11) is 0. The zero-order valence-electron chi connectivity index (χ0n) is 10.1. The topological polar surface area (TPSA) is 38.3 Å². The Kier molecular flexibility index (Phi) is 3.91. The number of aryl methyl sites for hydroxylation is 1. The van der Waals surface area contributed by atoms with Gasteiger partial charge in [0.15, 0.2) is 11.6 Å². The Hall–Kier alpha value is -1.49. The van der Waals surface area contributed by atoms with Crippen LogP contribution >= 0.6 is 0 Å². The van der Waals surface area contributed by atoms with E-state index in [0.717, 1.165) is 25.0 Å². The highest BCUT2D eigenvalue weighted by Crippen LogP contribution is 2.15. The third kappa shape index (κ3) is 2.85. The van der Waals surface area contributed by atoms with Crippen LogP contribution in [0.4, 0.5) is 8.78 Å². The molecule has 1 aromatic carbocycles. The monoisotopic (exact) mass is 255 g/mol. The van der Waals surface area contributed by atoms with E-state index >= 15 is 0 Å². The van der Waals surface area contributed by atoms with Crippen LogP contribution in [0.1, 0.15) is 28.8 Å². The van der Waals surface area contributed by atoms with Crippen LogP contribution in [0, 0.1) is 18.6 Å². The smallest absolute Gasteiger partial charge is 0.251 e. The van der Waals surface area contributed by atoms with Crippen molar-refractivity contribution in [1.29, 1.82) is 0 Å². The van der Waals surface area contributed by atoms with Gasteiger partial charge in [-0.1, -0.05) is 0 Å². The van der Waals surface area contributed by atoms with Gasteiger partial charge in [0.2, 0.25) is 0 Å². The molecule has 1 fully saturated rings. The van der Waals surface area contributed by atoms with Crippen molar-refractivity contribution in [1.82, 2.24) is 5.32 Å². The van der Waals surface area contributed by atoms with E-state index in [9.17, 15) is 13.6 Å². The van der Waals surface area contributed by atoms with E-state index in [0.29, 0.717) is 18.7 Å². The van der Waals surface area contributed by atoms with Crippen molar-refractivity contribution in [2.24, 2.45) is 0 Å². The zero-order chi connectivity index (χ0) is 13.1. The molecule has 98 valence electrons. The molecule has 1 aromatic rings. The van der Waals surface area contributed by atoms with E-state index in [1.54, 1.807) is 6.92 Å². The summed E-state index contributed by atoms with van der Waals surface area (Å²) in [5, 5.41) is 2.68. The van der Waals surface area contributed by atoms with Gasteiger partial charge in [0, 0.05) is 18.7 Å². The molecule has 0 spiro atoms. The Balaban J connectivity index is 2.01. The second-order valence-corrected chi connectivity index (χ2v) is 4.43. The lowest BCUT2D eigenvalue weighted by Gasteiger charge is -2.12. The number of carbonyl (C=O) groups excluding carboxylic acids is 1. The van der Waals surface area contributed by atoms with Gasteiger partial charge in [0.05, 0.1) is 6.10 Å².